The van der Waals surface area contributed by atoms with E-state index in [9.17, 15) is 0 Å². The molecule has 0 spiro atoms. The SMILES string of the molecule is C1=CCNC(C2=NC(c3ccc(-n4c5c(c6cc(-c7ccc8c(c7)c7c(n8-c8ccccc8)CCC=C7)ccc64)C=CCC5)cc3)N=C(c3ccccn3)N2)=C1. The van der Waals surface area contributed by atoms with Crippen molar-refractivity contribution < 1.29 is 0 Å². The molecule has 1 atom stereocenters. The Kier molecular flexibility index (Phi) is 7.76. The number of pyridine rings is 1. The van der Waals surface area contributed by atoms with Crippen molar-refractivity contribution in [2.75, 3.05) is 6.54 Å². The first kappa shape index (κ1) is 32.4. The monoisotopic (exact) mass is 725 g/mol. The molecule has 2 aliphatic carbocycles. The summed E-state index contributed by atoms with van der Waals surface area (Å²) in [6.07, 6.45) is 21.0. The fraction of sp³-hybridized carbons (Fsp3) is 0.122. The minimum Gasteiger partial charge on any atom is -0.379 e. The van der Waals surface area contributed by atoms with Crippen LogP contribution in [-0.2, 0) is 12.8 Å². The highest BCUT2D eigenvalue weighted by atomic mass is 15.2. The minimum absolute atomic E-state index is 0.408. The molecule has 2 aliphatic heterocycles. The molecule has 1 unspecified atom stereocenters. The van der Waals surface area contributed by atoms with Crippen LogP contribution in [0.1, 0.15) is 52.8 Å². The smallest absolute Gasteiger partial charge is 0.169 e. The van der Waals surface area contributed by atoms with Gasteiger partial charge in [-0.2, -0.15) is 0 Å². The number of para-hydroxylation sites is 1. The first-order valence-corrected chi connectivity index (χ1v) is 19.6. The molecule has 56 heavy (non-hydrogen) atoms. The van der Waals surface area contributed by atoms with Gasteiger partial charge in [0.25, 0.3) is 0 Å². The van der Waals surface area contributed by atoms with Crippen molar-refractivity contribution in [3.05, 3.63) is 185 Å². The van der Waals surface area contributed by atoms with Gasteiger partial charge in [-0.15, -0.1) is 0 Å². The van der Waals surface area contributed by atoms with Gasteiger partial charge in [-0.1, -0.05) is 85.0 Å². The van der Waals surface area contributed by atoms with Gasteiger partial charge < -0.3 is 19.8 Å². The average Bonchev–Trinajstić information content (AvgIpc) is 3.79. The largest absolute Gasteiger partial charge is 0.379 e. The quantitative estimate of drug-likeness (QED) is 0.179. The molecule has 7 heteroatoms. The van der Waals surface area contributed by atoms with Gasteiger partial charge in [0.05, 0.1) is 16.7 Å². The lowest BCUT2D eigenvalue weighted by molar-refractivity contribution is 0.747. The van der Waals surface area contributed by atoms with Gasteiger partial charge >= 0.3 is 0 Å². The zero-order valence-corrected chi connectivity index (χ0v) is 30.9. The lowest BCUT2D eigenvalue weighted by Gasteiger charge is -2.24. The highest BCUT2D eigenvalue weighted by Crippen LogP contribution is 2.40. The lowest BCUT2D eigenvalue weighted by Crippen LogP contribution is -2.40. The third-order valence-electron chi connectivity index (χ3n) is 11.4. The number of nitrogens with one attached hydrogen (secondary N) is 2. The van der Waals surface area contributed by atoms with E-state index in [1.807, 2.05) is 24.3 Å². The van der Waals surface area contributed by atoms with Crippen LogP contribution in [0.4, 0.5) is 0 Å². The van der Waals surface area contributed by atoms with Crippen molar-refractivity contribution in [1.29, 1.82) is 0 Å². The molecular weight excluding hydrogens is 687 g/mol. The fourth-order valence-corrected chi connectivity index (χ4v) is 8.76. The summed E-state index contributed by atoms with van der Waals surface area (Å²) >= 11 is 0. The van der Waals surface area contributed by atoms with E-state index < -0.39 is 6.17 Å². The van der Waals surface area contributed by atoms with Crippen LogP contribution in [0, 0.1) is 0 Å². The standard InChI is InChI=1S/C49H39N7/c1-2-12-35(13-3-1)55-43-18-6-4-14-37(43)39-30-33(22-26-45(39)55)34-23-27-46-40(31-34)38-15-5-7-19-44(38)56(46)36-24-20-32(21-25-36)47-52-48(41-16-8-10-28-50-41)54-49(53-47)42-17-9-11-29-51-42/h1-5,8-17,20-28,30-31,47,51H,6-7,18-19,29H2,(H,52,53,54). The van der Waals surface area contributed by atoms with Crippen LogP contribution in [0.15, 0.2) is 161 Å². The molecule has 7 nitrogen and oxygen atoms in total. The zero-order valence-electron chi connectivity index (χ0n) is 30.9. The maximum Gasteiger partial charge on any atom is 0.169 e. The van der Waals surface area contributed by atoms with E-state index in [1.54, 1.807) is 6.20 Å². The lowest BCUT2D eigenvalue weighted by atomic mass is 9.97. The molecule has 0 fully saturated rings. The number of aliphatic imine (C=N–C) groups is 2. The van der Waals surface area contributed by atoms with E-state index in [0.29, 0.717) is 5.84 Å². The molecule has 7 aromatic rings. The highest BCUT2D eigenvalue weighted by molar-refractivity contribution is 6.15. The van der Waals surface area contributed by atoms with Crippen LogP contribution in [-0.4, -0.2) is 32.3 Å². The van der Waals surface area contributed by atoms with Crippen molar-refractivity contribution in [3.8, 4) is 22.5 Å². The summed E-state index contributed by atoms with van der Waals surface area (Å²) in [5.41, 5.74) is 15.5. The second-order valence-corrected chi connectivity index (χ2v) is 14.7. The molecule has 2 N–H and O–H groups in total. The van der Waals surface area contributed by atoms with E-state index in [1.165, 1.54) is 61.1 Å². The second kappa shape index (κ2) is 13.4. The number of amidine groups is 2. The number of nitrogens with zero attached hydrogens (tertiary/aromatic N) is 5. The normalized spacial score (nSPS) is 17.1. The predicted molar refractivity (Wildman–Crippen MR) is 230 cm³/mol. The number of benzene rings is 4. The number of hydrogen-bond donors (Lipinski definition) is 2. The first-order valence-electron chi connectivity index (χ1n) is 19.6. The van der Waals surface area contributed by atoms with E-state index in [4.69, 9.17) is 9.98 Å². The molecule has 0 bridgehead atoms. The van der Waals surface area contributed by atoms with Crippen molar-refractivity contribution in [1.82, 2.24) is 24.8 Å². The maximum absolute atomic E-state index is 5.07. The van der Waals surface area contributed by atoms with Crippen molar-refractivity contribution in [2.45, 2.75) is 31.8 Å². The fourth-order valence-electron chi connectivity index (χ4n) is 8.76. The van der Waals surface area contributed by atoms with Gasteiger partial charge in [0.2, 0.25) is 0 Å². The molecule has 4 aromatic carbocycles. The molecule has 5 heterocycles. The second-order valence-electron chi connectivity index (χ2n) is 14.7. The van der Waals surface area contributed by atoms with Gasteiger partial charge in [0.15, 0.2) is 17.8 Å². The number of allylic oxidation sites excluding steroid dienone is 4. The number of rotatable bonds is 6. The minimum atomic E-state index is -0.408. The molecule has 0 saturated heterocycles. The number of fused-ring (bicyclic) bond motifs is 6. The Morgan fingerprint density at radius 3 is 1.88 bits per heavy atom. The van der Waals surface area contributed by atoms with Crippen molar-refractivity contribution >= 4 is 45.6 Å². The third-order valence-corrected chi connectivity index (χ3v) is 11.4. The van der Waals surface area contributed by atoms with Crippen molar-refractivity contribution in [2.24, 2.45) is 9.98 Å². The maximum atomic E-state index is 5.07. The summed E-state index contributed by atoms with van der Waals surface area (Å²) in [7, 11) is 0. The third kappa shape index (κ3) is 5.46. The highest BCUT2D eigenvalue weighted by Gasteiger charge is 2.25. The van der Waals surface area contributed by atoms with Gasteiger partial charge in [0, 0.05) is 57.4 Å². The van der Waals surface area contributed by atoms with Gasteiger partial charge in [-0.3, -0.25) is 4.98 Å². The summed E-state index contributed by atoms with van der Waals surface area (Å²) in [6, 6.07) is 39.4. The Hall–Kier alpha value is -6.99. The van der Waals surface area contributed by atoms with Gasteiger partial charge in [-0.05, 0) is 109 Å². The molecule has 270 valence electrons. The first-order chi connectivity index (χ1) is 27.8. The van der Waals surface area contributed by atoms with Crippen LogP contribution >= 0.6 is 0 Å². The summed E-state index contributed by atoms with van der Waals surface area (Å²) < 4.78 is 4.91. The topological polar surface area (TPSA) is 71.5 Å². The Balaban J connectivity index is 0.976. The number of dihydropyridines is 1. The Morgan fingerprint density at radius 1 is 0.607 bits per heavy atom. The molecule has 0 amide bonds. The summed E-state index contributed by atoms with van der Waals surface area (Å²) in [5.74, 6) is 1.47. The van der Waals surface area contributed by atoms with Crippen LogP contribution in [0.25, 0.3) is 56.5 Å². The van der Waals surface area contributed by atoms with E-state index in [0.717, 1.165) is 60.7 Å². The van der Waals surface area contributed by atoms with Gasteiger partial charge in [-0.25, -0.2) is 9.98 Å². The Labute approximate surface area is 325 Å². The summed E-state index contributed by atoms with van der Waals surface area (Å²) in [6.45, 7) is 0.755. The molecule has 0 radical (unpaired) electrons. The molecule has 3 aromatic heterocycles. The predicted octanol–water partition coefficient (Wildman–Crippen LogP) is 10.0. The van der Waals surface area contributed by atoms with Crippen LogP contribution in [0.5, 0.6) is 0 Å². The molecular formula is C49H39N7. The number of aromatic nitrogens is 3. The molecule has 4 aliphatic rings. The Bertz CT molecular complexity index is 2860. The zero-order chi connectivity index (χ0) is 37.0. The van der Waals surface area contributed by atoms with E-state index in [2.05, 4.69) is 152 Å². The van der Waals surface area contributed by atoms with Crippen LogP contribution in [0.3, 0.4) is 0 Å². The molecule has 11 rings (SSSR count). The van der Waals surface area contributed by atoms with Crippen LogP contribution in [0.2, 0.25) is 0 Å². The van der Waals surface area contributed by atoms with Crippen LogP contribution < -0.4 is 10.6 Å². The van der Waals surface area contributed by atoms with E-state index >= 15 is 0 Å². The summed E-state index contributed by atoms with van der Waals surface area (Å²) in [5, 5.41) is 9.46. The van der Waals surface area contributed by atoms with Crippen molar-refractivity contribution in [3.63, 3.8) is 0 Å². The summed E-state index contributed by atoms with van der Waals surface area (Å²) in [4.78, 5) is 14.7. The average molecular weight is 726 g/mol. The van der Waals surface area contributed by atoms with Gasteiger partial charge in [0.1, 0.15) is 5.69 Å². The number of hydrogen-bond acceptors (Lipinski definition) is 5. The Morgan fingerprint density at radius 2 is 1.25 bits per heavy atom. The molecule has 0 saturated carbocycles. The van der Waals surface area contributed by atoms with E-state index in [-0.39, 0.29) is 0 Å².